The molecule has 8 nitrogen and oxygen atoms in total. The van der Waals surface area contributed by atoms with E-state index in [-0.39, 0.29) is 18.7 Å². The highest BCUT2D eigenvalue weighted by Crippen LogP contribution is 2.22. The van der Waals surface area contributed by atoms with Crippen LogP contribution in [0.15, 0.2) is 48.5 Å². The number of rotatable bonds is 6. The molecule has 0 fully saturated rings. The van der Waals surface area contributed by atoms with Gasteiger partial charge in [-0.3, -0.25) is 25.2 Å². The fraction of sp³-hybridized carbons (Fsp3) is 0.190. The normalized spacial score (nSPS) is 10.5. The molecular formula is C21H21ClN4O4. The summed E-state index contributed by atoms with van der Waals surface area (Å²) in [6, 6.07) is 13.8. The first-order valence-electron chi connectivity index (χ1n) is 9.15. The van der Waals surface area contributed by atoms with Crippen molar-refractivity contribution in [2.45, 2.75) is 12.8 Å². The first kappa shape index (κ1) is 21.2. The van der Waals surface area contributed by atoms with Crippen molar-refractivity contribution in [3.05, 3.63) is 59.2 Å². The van der Waals surface area contributed by atoms with E-state index < -0.39 is 11.8 Å². The molecule has 0 aliphatic carbocycles. The maximum Gasteiger partial charge on any atom is 0.286 e. The van der Waals surface area contributed by atoms with Gasteiger partial charge in [0.05, 0.1) is 7.11 Å². The molecule has 1 aromatic heterocycles. The Morgan fingerprint density at radius 3 is 2.37 bits per heavy atom. The highest BCUT2D eigenvalue weighted by Gasteiger charge is 2.15. The second-order valence-corrected chi connectivity index (χ2v) is 7.01. The summed E-state index contributed by atoms with van der Waals surface area (Å²) in [7, 11) is 3.30. The number of benzene rings is 2. The van der Waals surface area contributed by atoms with Gasteiger partial charge in [-0.2, -0.15) is 0 Å². The van der Waals surface area contributed by atoms with Gasteiger partial charge in [0.1, 0.15) is 11.4 Å². The van der Waals surface area contributed by atoms with Crippen LogP contribution in [0.25, 0.3) is 10.9 Å². The van der Waals surface area contributed by atoms with Crippen LogP contribution >= 0.6 is 11.6 Å². The number of ether oxygens (including phenoxy) is 1. The molecule has 3 rings (SSSR count). The number of anilines is 1. The van der Waals surface area contributed by atoms with E-state index in [0.29, 0.717) is 22.2 Å². The van der Waals surface area contributed by atoms with E-state index in [1.165, 1.54) is 0 Å². The average Bonchev–Trinajstić information content (AvgIpc) is 3.06. The number of fused-ring (bicyclic) bond motifs is 1. The van der Waals surface area contributed by atoms with Crippen LogP contribution in [0.5, 0.6) is 5.75 Å². The molecule has 30 heavy (non-hydrogen) atoms. The molecule has 0 saturated carbocycles. The molecule has 0 saturated heterocycles. The Kier molecular flexibility index (Phi) is 6.58. The average molecular weight is 429 g/mol. The summed E-state index contributed by atoms with van der Waals surface area (Å²) in [6.45, 7) is 0. The number of hydrazine groups is 1. The lowest BCUT2D eigenvalue weighted by molar-refractivity contribution is -0.124. The van der Waals surface area contributed by atoms with Gasteiger partial charge in [-0.1, -0.05) is 11.6 Å². The predicted molar refractivity (Wildman–Crippen MR) is 114 cm³/mol. The molecule has 0 atom stereocenters. The number of amides is 3. The van der Waals surface area contributed by atoms with Crippen molar-refractivity contribution in [3.8, 4) is 5.75 Å². The van der Waals surface area contributed by atoms with Gasteiger partial charge in [0.25, 0.3) is 5.91 Å². The van der Waals surface area contributed by atoms with E-state index >= 15 is 0 Å². The highest BCUT2D eigenvalue weighted by atomic mass is 35.5. The smallest absolute Gasteiger partial charge is 0.286 e. The minimum absolute atomic E-state index is 0.0275. The molecule has 156 valence electrons. The third-order valence-electron chi connectivity index (χ3n) is 4.51. The van der Waals surface area contributed by atoms with E-state index in [1.807, 2.05) is 6.07 Å². The summed E-state index contributed by atoms with van der Waals surface area (Å²) in [5, 5.41) is 4.08. The summed E-state index contributed by atoms with van der Waals surface area (Å²) < 4.78 is 6.76. The molecular weight excluding hydrogens is 408 g/mol. The molecule has 0 radical (unpaired) electrons. The van der Waals surface area contributed by atoms with Crippen LogP contribution in [0.3, 0.4) is 0 Å². The van der Waals surface area contributed by atoms with Gasteiger partial charge in [-0.25, -0.2) is 0 Å². The van der Waals surface area contributed by atoms with Crippen LogP contribution in [-0.4, -0.2) is 29.4 Å². The lowest BCUT2D eigenvalue weighted by Crippen LogP contribution is -2.42. The fourth-order valence-corrected chi connectivity index (χ4v) is 3.10. The molecule has 0 spiro atoms. The number of aromatic nitrogens is 1. The molecule has 3 amide bonds. The van der Waals surface area contributed by atoms with Crippen LogP contribution in [0.2, 0.25) is 5.02 Å². The van der Waals surface area contributed by atoms with Crippen LogP contribution in [0, 0.1) is 0 Å². The fourth-order valence-electron chi connectivity index (χ4n) is 2.92. The van der Waals surface area contributed by atoms with Crippen molar-refractivity contribution >= 4 is 45.9 Å². The first-order chi connectivity index (χ1) is 14.4. The van der Waals surface area contributed by atoms with Crippen molar-refractivity contribution < 1.29 is 19.1 Å². The third-order valence-corrected chi connectivity index (χ3v) is 4.74. The Balaban J connectivity index is 1.47. The van der Waals surface area contributed by atoms with Gasteiger partial charge in [-0.15, -0.1) is 0 Å². The molecule has 3 aromatic rings. The summed E-state index contributed by atoms with van der Waals surface area (Å²) in [4.78, 5) is 36.3. The molecule has 2 aromatic carbocycles. The first-order valence-corrected chi connectivity index (χ1v) is 9.53. The number of nitrogens with zero attached hydrogens (tertiary/aromatic N) is 1. The van der Waals surface area contributed by atoms with Crippen LogP contribution in [0.1, 0.15) is 23.3 Å². The summed E-state index contributed by atoms with van der Waals surface area (Å²) in [5.74, 6) is -0.583. The Morgan fingerprint density at radius 2 is 1.67 bits per heavy atom. The van der Waals surface area contributed by atoms with Gasteiger partial charge in [0.2, 0.25) is 11.8 Å². The predicted octanol–water partition coefficient (Wildman–Crippen LogP) is 3.02. The minimum Gasteiger partial charge on any atom is -0.497 e. The number of hydrogen-bond acceptors (Lipinski definition) is 4. The molecule has 9 heteroatoms. The largest absolute Gasteiger partial charge is 0.497 e. The van der Waals surface area contributed by atoms with E-state index in [2.05, 4.69) is 16.2 Å². The zero-order valence-corrected chi connectivity index (χ0v) is 17.2. The van der Waals surface area contributed by atoms with Gasteiger partial charge in [0, 0.05) is 41.5 Å². The monoisotopic (exact) mass is 428 g/mol. The number of nitrogens with one attached hydrogen (secondary N) is 3. The van der Waals surface area contributed by atoms with Crippen molar-refractivity contribution in [2.75, 3.05) is 12.4 Å². The van der Waals surface area contributed by atoms with E-state index in [4.69, 9.17) is 16.3 Å². The number of carbonyl (C=O) groups is 3. The second-order valence-electron chi connectivity index (χ2n) is 6.57. The van der Waals surface area contributed by atoms with E-state index in [1.54, 1.807) is 61.2 Å². The second kappa shape index (κ2) is 9.32. The third kappa shape index (κ3) is 5.09. The Bertz CT molecular complexity index is 1090. The number of halogens is 1. The summed E-state index contributed by atoms with van der Waals surface area (Å²) in [5.41, 5.74) is 6.49. The van der Waals surface area contributed by atoms with Crippen LogP contribution < -0.4 is 20.9 Å². The van der Waals surface area contributed by atoms with E-state index in [0.717, 1.165) is 10.9 Å². The highest BCUT2D eigenvalue weighted by molar-refractivity contribution is 6.31. The Morgan fingerprint density at radius 1 is 0.967 bits per heavy atom. The van der Waals surface area contributed by atoms with Crippen molar-refractivity contribution in [3.63, 3.8) is 0 Å². The Hall–Kier alpha value is -3.52. The Labute approximate surface area is 178 Å². The summed E-state index contributed by atoms with van der Waals surface area (Å²) in [6.07, 6.45) is -0.104. The molecule has 0 bridgehead atoms. The quantitative estimate of drug-likeness (QED) is 0.525. The molecule has 0 aliphatic rings. The minimum atomic E-state index is -0.477. The molecule has 1 heterocycles. The molecule has 0 unspecified atom stereocenters. The zero-order chi connectivity index (χ0) is 21.7. The van der Waals surface area contributed by atoms with Gasteiger partial charge < -0.3 is 14.6 Å². The topological polar surface area (TPSA) is 101 Å². The van der Waals surface area contributed by atoms with Crippen molar-refractivity contribution in [1.29, 1.82) is 0 Å². The lowest BCUT2D eigenvalue weighted by Gasteiger charge is -2.09. The maximum atomic E-state index is 12.4. The summed E-state index contributed by atoms with van der Waals surface area (Å²) >= 11 is 5.98. The number of carbonyl (C=O) groups excluding carboxylic acids is 3. The van der Waals surface area contributed by atoms with Crippen LogP contribution in [0.4, 0.5) is 5.69 Å². The maximum absolute atomic E-state index is 12.4. The zero-order valence-electron chi connectivity index (χ0n) is 16.5. The van der Waals surface area contributed by atoms with Gasteiger partial charge >= 0.3 is 0 Å². The van der Waals surface area contributed by atoms with Gasteiger partial charge in [-0.05, 0) is 48.5 Å². The standard InChI is InChI=1S/C21H21ClN4O4/c1-26-17-8-3-14(22)11-13(17)12-18(26)21(29)25-24-20(28)10-9-19(27)23-15-4-6-16(30-2)7-5-15/h3-8,11-12H,9-10H2,1-2H3,(H,23,27)(H,24,28)(H,25,29). The molecule has 0 aliphatic heterocycles. The van der Waals surface area contributed by atoms with Crippen LogP contribution in [-0.2, 0) is 16.6 Å². The lowest BCUT2D eigenvalue weighted by atomic mass is 10.2. The number of aryl methyl sites for hydroxylation is 1. The van der Waals surface area contributed by atoms with Crippen molar-refractivity contribution in [2.24, 2.45) is 7.05 Å². The molecule has 3 N–H and O–H groups in total. The number of methoxy groups -OCH3 is 1. The van der Waals surface area contributed by atoms with Gasteiger partial charge in [0.15, 0.2) is 0 Å². The SMILES string of the molecule is COc1ccc(NC(=O)CCC(=O)NNC(=O)c2cc3cc(Cl)ccc3n2C)cc1. The van der Waals surface area contributed by atoms with Crippen molar-refractivity contribution in [1.82, 2.24) is 15.4 Å². The van der Waals surface area contributed by atoms with E-state index in [9.17, 15) is 14.4 Å². The number of hydrogen-bond donors (Lipinski definition) is 3.